The van der Waals surface area contributed by atoms with Crippen LogP contribution in [0.25, 0.3) is 11.0 Å². The third-order valence-electron chi connectivity index (χ3n) is 5.60. The van der Waals surface area contributed by atoms with Crippen molar-refractivity contribution >= 4 is 16.9 Å². The van der Waals surface area contributed by atoms with Gasteiger partial charge in [-0.3, -0.25) is 9.59 Å². The van der Waals surface area contributed by atoms with Crippen molar-refractivity contribution < 1.29 is 31.8 Å². The van der Waals surface area contributed by atoms with E-state index in [1.807, 2.05) is 13.8 Å². The first-order valence-electron chi connectivity index (χ1n) is 11.1. The standard InChI is InChI=1S/C23H23F4N5O4/c1-10-8-32(9-11(2)35-10)22(34)14-5-17(24)21(28-7-14)36-12(3)15-6-16-19(29-13(4)30-20(16)33)31-18(15)23(25,26)27/h5-7,10-12H,8-9H2,1-4H3,(H,29,30,31,33)/t10-,11+,12-/m1/s1. The molecule has 1 aliphatic rings. The van der Waals surface area contributed by atoms with Crippen molar-refractivity contribution in [2.24, 2.45) is 0 Å². The van der Waals surface area contributed by atoms with E-state index in [9.17, 15) is 27.2 Å². The highest BCUT2D eigenvalue weighted by molar-refractivity contribution is 5.94. The zero-order valence-corrected chi connectivity index (χ0v) is 19.8. The number of halogens is 4. The molecule has 3 atom stereocenters. The van der Waals surface area contributed by atoms with Gasteiger partial charge in [0.05, 0.1) is 23.2 Å². The average Bonchev–Trinajstić information content (AvgIpc) is 2.77. The molecule has 0 radical (unpaired) electrons. The van der Waals surface area contributed by atoms with Crippen molar-refractivity contribution in [2.45, 2.75) is 52.2 Å². The number of amides is 1. The lowest BCUT2D eigenvalue weighted by Gasteiger charge is -2.35. The predicted octanol–water partition coefficient (Wildman–Crippen LogP) is 3.57. The van der Waals surface area contributed by atoms with E-state index in [1.54, 1.807) is 0 Å². The number of aromatic nitrogens is 4. The number of ether oxygens (including phenoxy) is 2. The van der Waals surface area contributed by atoms with Crippen LogP contribution in [0.3, 0.4) is 0 Å². The van der Waals surface area contributed by atoms with Crippen molar-refractivity contribution in [3.63, 3.8) is 0 Å². The van der Waals surface area contributed by atoms with Gasteiger partial charge in [0.2, 0.25) is 0 Å². The summed E-state index contributed by atoms with van der Waals surface area (Å²) in [5, 5.41) is -0.178. The first-order chi connectivity index (χ1) is 16.8. The fourth-order valence-corrected chi connectivity index (χ4v) is 4.11. The maximum Gasteiger partial charge on any atom is 0.433 e. The number of fused-ring (bicyclic) bond motifs is 1. The number of nitrogens with zero attached hydrogens (tertiary/aromatic N) is 4. The van der Waals surface area contributed by atoms with Crippen molar-refractivity contribution in [3.05, 3.63) is 57.1 Å². The van der Waals surface area contributed by atoms with E-state index in [4.69, 9.17) is 9.47 Å². The molecule has 9 nitrogen and oxygen atoms in total. The van der Waals surface area contributed by atoms with Gasteiger partial charge in [-0.25, -0.2) is 19.3 Å². The van der Waals surface area contributed by atoms with E-state index in [1.165, 1.54) is 18.7 Å². The summed E-state index contributed by atoms with van der Waals surface area (Å²) in [4.78, 5) is 40.2. The van der Waals surface area contributed by atoms with Gasteiger partial charge in [-0.05, 0) is 39.8 Å². The number of morpholine rings is 1. The molecule has 0 spiro atoms. The molecule has 0 aliphatic carbocycles. The zero-order chi connectivity index (χ0) is 26.4. The number of pyridine rings is 2. The van der Waals surface area contributed by atoms with Crippen molar-refractivity contribution in [1.29, 1.82) is 0 Å². The Hall–Kier alpha value is -3.61. The molecule has 0 unspecified atom stereocenters. The highest BCUT2D eigenvalue weighted by Gasteiger charge is 2.38. The van der Waals surface area contributed by atoms with Crippen LogP contribution in [0.2, 0.25) is 0 Å². The van der Waals surface area contributed by atoms with Gasteiger partial charge in [-0.1, -0.05) is 0 Å². The molecule has 192 valence electrons. The molecule has 0 saturated carbocycles. The fourth-order valence-electron chi connectivity index (χ4n) is 4.11. The lowest BCUT2D eigenvalue weighted by molar-refractivity contribution is -0.142. The zero-order valence-electron chi connectivity index (χ0n) is 19.8. The maximum absolute atomic E-state index is 14.8. The minimum atomic E-state index is -4.89. The Morgan fingerprint density at radius 3 is 2.50 bits per heavy atom. The molecule has 1 amide bonds. The number of aromatic amines is 1. The Bertz CT molecular complexity index is 1370. The van der Waals surface area contributed by atoms with Crippen LogP contribution in [0, 0.1) is 12.7 Å². The summed E-state index contributed by atoms with van der Waals surface area (Å²) >= 11 is 0. The van der Waals surface area contributed by atoms with Crippen molar-refractivity contribution in [1.82, 2.24) is 24.8 Å². The number of nitrogens with one attached hydrogen (secondary N) is 1. The molecule has 4 heterocycles. The summed E-state index contributed by atoms with van der Waals surface area (Å²) in [6.45, 7) is 6.93. The Morgan fingerprint density at radius 2 is 1.89 bits per heavy atom. The molecule has 1 saturated heterocycles. The van der Waals surface area contributed by atoms with Gasteiger partial charge in [0.1, 0.15) is 11.9 Å². The van der Waals surface area contributed by atoms with Crippen LogP contribution in [0.1, 0.15) is 54.3 Å². The molecule has 1 N–H and O–H groups in total. The summed E-state index contributed by atoms with van der Waals surface area (Å²) in [7, 11) is 0. The lowest BCUT2D eigenvalue weighted by atomic mass is 10.1. The van der Waals surface area contributed by atoms with Crippen LogP contribution < -0.4 is 10.3 Å². The molecule has 4 rings (SSSR count). The quantitative estimate of drug-likeness (QED) is 0.536. The Balaban J connectivity index is 1.63. The summed E-state index contributed by atoms with van der Waals surface area (Å²) < 4.78 is 67.1. The van der Waals surface area contributed by atoms with Gasteiger partial charge >= 0.3 is 6.18 Å². The monoisotopic (exact) mass is 509 g/mol. The molecular formula is C23H23F4N5O4. The van der Waals surface area contributed by atoms with E-state index in [-0.39, 0.29) is 34.6 Å². The largest absolute Gasteiger partial charge is 0.468 e. The second-order valence-electron chi connectivity index (χ2n) is 8.68. The number of carbonyl (C=O) groups is 1. The first-order valence-corrected chi connectivity index (χ1v) is 11.1. The van der Waals surface area contributed by atoms with E-state index in [0.717, 1.165) is 18.3 Å². The summed E-state index contributed by atoms with van der Waals surface area (Å²) in [6.07, 6.45) is -5.58. The van der Waals surface area contributed by atoms with Crippen LogP contribution >= 0.6 is 0 Å². The van der Waals surface area contributed by atoms with Crippen LogP contribution in [-0.4, -0.2) is 56.0 Å². The average molecular weight is 509 g/mol. The normalized spacial score (nSPS) is 19.4. The third-order valence-corrected chi connectivity index (χ3v) is 5.60. The van der Waals surface area contributed by atoms with Crippen molar-refractivity contribution in [3.8, 4) is 5.88 Å². The molecule has 0 aromatic carbocycles. The van der Waals surface area contributed by atoms with Crippen molar-refractivity contribution in [2.75, 3.05) is 13.1 Å². The number of hydrogen-bond acceptors (Lipinski definition) is 7. The van der Waals surface area contributed by atoms with Crippen LogP contribution in [0.15, 0.2) is 23.1 Å². The van der Waals surface area contributed by atoms with Gasteiger partial charge < -0.3 is 19.4 Å². The molecule has 3 aromatic rings. The first kappa shape index (κ1) is 25.5. The third kappa shape index (κ3) is 5.15. The Labute approximate surface area is 202 Å². The molecule has 0 bridgehead atoms. The number of carbonyl (C=O) groups excluding carboxylic acids is 1. The predicted molar refractivity (Wildman–Crippen MR) is 119 cm³/mol. The second-order valence-corrected chi connectivity index (χ2v) is 8.68. The number of aryl methyl sites for hydroxylation is 1. The highest BCUT2D eigenvalue weighted by Crippen LogP contribution is 2.36. The molecule has 1 aliphatic heterocycles. The Morgan fingerprint density at radius 1 is 1.22 bits per heavy atom. The van der Waals surface area contributed by atoms with Gasteiger partial charge in [-0.2, -0.15) is 13.2 Å². The minimum absolute atomic E-state index is 0.0369. The molecule has 13 heteroatoms. The maximum atomic E-state index is 14.8. The topological polar surface area (TPSA) is 110 Å². The van der Waals surface area contributed by atoms with Gasteiger partial charge in [0.15, 0.2) is 17.2 Å². The van der Waals surface area contributed by atoms with E-state index >= 15 is 0 Å². The minimum Gasteiger partial charge on any atom is -0.468 e. The molecule has 36 heavy (non-hydrogen) atoms. The van der Waals surface area contributed by atoms with E-state index in [0.29, 0.717) is 13.1 Å². The summed E-state index contributed by atoms with van der Waals surface area (Å²) in [5.41, 5.74) is -2.90. The number of rotatable bonds is 4. The van der Waals surface area contributed by atoms with E-state index in [2.05, 4.69) is 19.9 Å². The van der Waals surface area contributed by atoms with E-state index < -0.39 is 46.7 Å². The highest BCUT2D eigenvalue weighted by atomic mass is 19.4. The summed E-state index contributed by atoms with van der Waals surface area (Å²) in [5.74, 6) is -1.98. The van der Waals surface area contributed by atoms with Gasteiger partial charge in [0, 0.05) is 24.8 Å². The summed E-state index contributed by atoms with van der Waals surface area (Å²) in [6, 6.07) is 1.89. The Kier molecular flexibility index (Phi) is 6.69. The van der Waals surface area contributed by atoms with Crippen LogP contribution in [-0.2, 0) is 10.9 Å². The molecule has 1 fully saturated rings. The smallest absolute Gasteiger partial charge is 0.433 e. The lowest BCUT2D eigenvalue weighted by Crippen LogP contribution is -2.48. The molecular weight excluding hydrogens is 486 g/mol. The SMILES string of the molecule is Cc1nc2nc(C(F)(F)F)c([C@@H](C)Oc3ncc(C(=O)N4C[C@@H](C)O[C@@H](C)C4)cc3F)cc2c(=O)[nH]1. The van der Waals surface area contributed by atoms with Crippen LogP contribution in [0.5, 0.6) is 5.88 Å². The number of H-pyrrole nitrogens is 1. The van der Waals surface area contributed by atoms with Gasteiger partial charge in [0.25, 0.3) is 17.3 Å². The number of alkyl halides is 3. The number of hydrogen-bond donors (Lipinski definition) is 1. The fraction of sp³-hybridized carbons (Fsp3) is 0.435. The second kappa shape index (κ2) is 9.45. The van der Waals surface area contributed by atoms with Gasteiger partial charge in [-0.15, -0.1) is 0 Å². The van der Waals surface area contributed by atoms with Crippen LogP contribution in [0.4, 0.5) is 17.6 Å². The molecule has 3 aromatic heterocycles.